The molecule has 1 fully saturated rings. The summed E-state index contributed by atoms with van der Waals surface area (Å²) >= 11 is 1.29. The van der Waals surface area contributed by atoms with Gasteiger partial charge in [-0.15, -0.1) is 11.3 Å². The largest absolute Gasteiger partial charge is 0.373 e. The second-order valence-electron chi connectivity index (χ2n) is 5.03. The highest BCUT2D eigenvalue weighted by molar-refractivity contribution is 7.14. The van der Waals surface area contributed by atoms with E-state index >= 15 is 0 Å². The van der Waals surface area contributed by atoms with E-state index in [1.54, 1.807) is 11.4 Å². The summed E-state index contributed by atoms with van der Waals surface area (Å²) in [4.78, 5) is 25.3. The fourth-order valence-electron chi connectivity index (χ4n) is 2.38. The van der Waals surface area contributed by atoms with E-state index in [-0.39, 0.29) is 24.7 Å². The average molecular weight is 297 g/mol. The Labute approximate surface area is 121 Å². The van der Waals surface area contributed by atoms with Crippen LogP contribution in [0.2, 0.25) is 0 Å². The Hall–Kier alpha value is -1.44. The molecule has 1 aromatic heterocycles. The number of carbonyl (C=O) groups excluding carboxylic acids is 2. The van der Waals surface area contributed by atoms with Gasteiger partial charge in [0.2, 0.25) is 5.91 Å². The van der Waals surface area contributed by atoms with Gasteiger partial charge in [0.1, 0.15) is 5.00 Å². The smallest absolute Gasteiger partial charge is 0.251 e. The number of rotatable bonds is 4. The molecule has 0 saturated carbocycles. The van der Waals surface area contributed by atoms with Gasteiger partial charge in [-0.2, -0.15) is 0 Å². The Balaban J connectivity index is 1.92. The maximum atomic E-state index is 12.0. The fourth-order valence-corrected chi connectivity index (χ4v) is 3.19. The van der Waals surface area contributed by atoms with Crippen molar-refractivity contribution in [3.63, 3.8) is 0 Å². The van der Waals surface area contributed by atoms with E-state index in [9.17, 15) is 9.59 Å². The third-order valence-electron chi connectivity index (χ3n) is 3.05. The number of carbonyl (C=O) groups is 2. The van der Waals surface area contributed by atoms with Crippen LogP contribution in [0.1, 0.15) is 24.2 Å². The van der Waals surface area contributed by atoms with E-state index in [1.807, 2.05) is 18.7 Å². The van der Waals surface area contributed by atoms with Crippen molar-refractivity contribution in [1.29, 1.82) is 0 Å². The first-order valence-corrected chi connectivity index (χ1v) is 7.38. The molecule has 2 unspecified atom stereocenters. The molecule has 1 aliphatic heterocycles. The maximum Gasteiger partial charge on any atom is 0.251 e. The zero-order valence-electron chi connectivity index (χ0n) is 11.6. The Bertz CT molecular complexity index is 493. The van der Waals surface area contributed by atoms with Crippen molar-refractivity contribution in [3.8, 4) is 0 Å². The second-order valence-corrected chi connectivity index (χ2v) is 5.94. The van der Waals surface area contributed by atoms with Crippen LogP contribution in [0, 0.1) is 0 Å². The number of anilines is 1. The molecule has 2 amide bonds. The van der Waals surface area contributed by atoms with Crippen LogP contribution in [0.3, 0.4) is 0 Å². The summed E-state index contributed by atoms with van der Waals surface area (Å²) in [5, 5.41) is 4.99. The predicted molar refractivity (Wildman–Crippen MR) is 77.9 cm³/mol. The minimum atomic E-state index is -0.532. The second kappa shape index (κ2) is 6.34. The van der Waals surface area contributed by atoms with Gasteiger partial charge in [-0.25, -0.2) is 0 Å². The molecule has 6 nitrogen and oxygen atoms in total. The van der Waals surface area contributed by atoms with Crippen molar-refractivity contribution in [2.24, 2.45) is 5.73 Å². The summed E-state index contributed by atoms with van der Waals surface area (Å²) in [6.07, 6.45) is 0.240. The molecule has 1 aromatic rings. The van der Waals surface area contributed by atoms with Crippen LogP contribution in [-0.4, -0.2) is 48.6 Å². The minimum absolute atomic E-state index is 0.120. The fraction of sp³-hybridized carbons (Fsp3) is 0.538. The van der Waals surface area contributed by atoms with Crippen LogP contribution >= 0.6 is 11.3 Å². The van der Waals surface area contributed by atoms with Gasteiger partial charge >= 0.3 is 0 Å². The summed E-state index contributed by atoms with van der Waals surface area (Å²) in [7, 11) is 0. The highest BCUT2D eigenvalue weighted by atomic mass is 32.1. The molecule has 2 atom stereocenters. The molecule has 1 saturated heterocycles. The van der Waals surface area contributed by atoms with Gasteiger partial charge in [0, 0.05) is 13.1 Å². The Morgan fingerprint density at radius 3 is 2.70 bits per heavy atom. The lowest BCUT2D eigenvalue weighted by Crippen LogP contribution is -2.48. The van der Waals surface area contributed by atoms with Crippen LogP contribution in [0.15, 0.2) is 11.4 Å². The molecule has 1 aliphatic rings. The van der Waals surface area contributed by atoms with Crippen molar-refractivity contribution in [2.45, 2.75) is 26.1 Å². The first-order chi connectivity index (χ1) is 9.45. The molecule has 110 valence electrons. The lowest BCUT2D eigenvalue weighted by molar-refractivity contribution is -0.121. The highest BCUT2D eigenvalue weighted by Crippen LogP contribution is 2.22. The number of nitrogens with zero attached hydrogens (tertiary/aromatic N) is 1. The molecular formula is C13H19N3O3S. The molecule has 2 heterocycles. The summed E-state index contributed by atoms with van der Waals surface area (Å²) in [6, 6.07) is 1.61. The Kier molecular flexibility index (Phi) is 4.74. The van der Waals surface area contributed by atoms with Crippen LogP contribution < -0.4 is 11.1 Å². The summed E-state index contributed by atoms with van der Waals surface area (Å²) in [5.41, 5.74) is 5.60. The van der Waals surface area contributed by atoms with Gasteiger partial charge in [-0.05, 0) is 25.3 Å². The third kappa shape index (κ3) is 3.78. The van der Waals surface area contributed by atoms with Gasteiger partial charge in [-0.3, -0.25) is 14.5 Å². The minimum Gasteiger partial charge on any atom is -0.373 e. The number of hydrogen-bond donors (Lipinski definition) is 2. The van der Waals surface area contributed by atoms with E-state index in [4.69, 9.17) is 10.5 Å². The topological polar surface area (TPSA) is 84.7 Å². The highest BCUT2D eigenvalue weighted by Gasteiger charge is 2.24. The number of primary amides is 1. The average Bonchev–Trinajstić information content (AvgIpc) is 2.75. The van der Waals surface area contributed by atoms with Gasteiger partial charge in [0.05, 0.1) is 24.3 Å². The van der Waals surface area contributed by atoms with E-state index < -0.39 is 5.91 Å². The number of thiophene rings is 1. The van der Waals surface area contributed by atoms with Gasteiger partial charge in [-0.1, -0.05) is 0 Å². The molecule has 0 aromatic carbocycles. The number of morpholine rings is 1. The zero-order chi connectivity index (χ0) is 14.7. The SMILES string of the molecule is CC1CN(CC(=O)Nc2sccc2C(N)=O)CC(C)O1. The third-order valence-corrected chi connectivity index (χ3v) is 3.88. The monoisotopic (exact) mass is 297 g/mol. The lowest BCUT2D eigenvalue weighted by atomic mass is 10.2. The van der Waals surface area contributed by atoms with Crippen molar-refractivity contribution < 1.29 is 14.3 Å². The predicted octanol–water partition coefficient (Wildman–Crippen LogP) is 0.895. The van der Waals surface area contributed by atoms with E-state index in [1.165, 1.54) is 11.3 Å². The summed E-state index contributed by atoms with van der Waals surface area (Å²) in [6.45, 7) is 5.72. The summed E-state index contributed by atoms with van der Waals surface area (Å²) in [5.74, 6) is -0.675. The number of nitrogens with one attached hydrogen (secondary N) is 1. The Morgan fingerprint density at radius 2 is 2.10 bits per heavy atom. The zero-order valence-corrected chi connectivity index (χ0v) is 12.4. The van der Waals surface area contributed by atoms with Crippen LogP contribution in [0.4, 0.5) is 5.00 Å². The molecule has 0 spiro atoms. The molecule has 3 N–H and O–H groups in total. The van der Waals surface area contributed by atoms with E-state index in [0.717, 1.165) is 13.1 Å². The van der Waals surface area contributed by atoms with E-state index in [0.29, 0.717) is 10.6 Å². The Morgan fingerprint density at radius 1 is 1.45 bits per heavy atom. The molecule has 0 bridgehead atoms. The van der Waals surface area contributed by atoms with Crippen molar-refractivity contribution in [1.82, 2.24) is 4.90 Å². The van der Waals surface area contributed by atoms with E-state index in [2.05, 4.69) is 5.32 Å². The van der Waals surface area contributed by atoms with Crippen molar-refractivity contribution in [2.75, 3.05) is 25.0 Å². The van der Waals surface area contributed by atoms with Gasteiger partial charge in [0.15, 0.2) is 0 Å². The molecular weight excluding hydrogens is 278 g/mol. The molecule has 7 heteroatoms. The molecule has 0 aliphatic carbocycles. The first kappa shape index (κ1) is 15.0. The van der Waals surface area contributed by atoms with Crippen LogP contribution in [0.25, 0.3) is 0 Å². The van der Waals surface area contributed by atoms with Crippen LogP contribution in [-0.2, 0) is 9.53 Å². The number of amides is 2. The molecule has 2 rings (SSSR count). The maximum absolute atomic E-state index is 12.0. The number of ether oxygens (including phenoxy) is 1. The lowest BCUT2D eigenvalue weighted by Gasteiger charge is -2.34. The number of hydrogen-bond acceptors (Lipinski definition) is 5. The van der Waals surface area contributed by atoms with Crippen molar-refractivity contribution in [3.05, 3.63) is 17.0 Å². The standard InChI is InChI=1S/C13H19N3O3S/c1-8-5-16(6-9(2)19-8)7-11(17)15-13-10(12(14)18)3-4-20-13/h3-4,8-9H,5-7H2,1-2H3,(H2,14,18)(H,15,17). The van der Waals surface area contributed by atoms with Crippen LogP contribution in [0.5, 0.6) is 0 Å². The van der Waals surface area contributed by atoms with Gasteiger partial charge < -0.3 is 15.8 Å². The first-order valence-electron chi connectivity index (χ1n) is 6.50. The number of nitrogens with two attached hydrogens (primary N) is 1. The normalized spacial score (nSPS) is 23.5. The van der Waals surface area contributed by atoms with Gasteiger partial charge in [0.25, 0.3) is 5.91 Å². The quantitative estimate of drug-likeness (QED) is 0.864. The van der Waals surface area contributed by atoms with Crippen molar-refractivity contribution >= 4 is 28.2 Å². The summed E-state index contributed by atoms with van der Waals surface area (Å²) < 4.78 is 5.62. The molecule has 20 heavy (non-hydrogen) atoms. The molecule has 0 radical (unpaired) electrons.